The van der Waals surface area contributed by atoms with E-state index in [9.17, 15) is 14.7 Å². The molecule has 0 saturated carbocycles. The third kappa shape index (κ3) is 5.01. The molecule has 0 aromatic carbocycles. The first-order valence-corrected chi connectivity index (χ1v) is 12.0. The number of anilines is 1. The molecule has 184 valence electrons. The zero-order chi connectivity index (χ0) is 24.5. The summed E-state index contributed by atoms with van der Waals surface area (Å²) < 4.78 is 6.93. The van der Waals surface area contributed by atoms with Crippen LogP contribution >= 0.6 is 11.6 Å². The van der Waals surface area contributed by atoms with Crippen LogP contribution in [0.15, 0.2) is 35.3 Å². The Morgan fingerprint density at radius 3 is 2.97 bits per heavy atom. The van der Waals surface area contributed by atoms with Crippen LogP contribution in [0.25, 0.3) is 11.0 Å². The lowest BCUT2D eigenvalue weighted by atomic mass is 10.0. The lowest BCUT2D eigenvalue weighted by molar-refractivity contribution is -0.118. The molecule has 1 amide bonds. The number of pyridine rings is 3. The molecule has 11 heteroatoms. The number of rotatable bonds is 6. The monoisotopic (exact) mass is 498 g/mol. The van der Waals surface area contributed by atoms with Crippen LogP contribution in [-0.2, 0) is 24.8 Å². The molecule has 3 aromatic rings. The maximum Gasteiger partial charge on any atom is 0.263 e. The largest absolute Gasteiger partial charge is 0.480 e. The van der Waals surface area contributed by atoms with Crippen LogP contribution in [0, 0.1) is 0 Å². The minimum absolute atomic E-state index is 0.00123. The predicted octanol–water partition coefficient (Wildman–Crippen LogP) is 1.08. The molecule has 3 aromatic heterocycles. The molecule has 0 aliphatic carbocycles. The number of aliphatic hydroxyl groups excluding tert-OH is 1. The number of carbonyl (C=O) groups excluding carboxylic acids is 1. The van der Waals surface area contributed by atoms with Gasteiger partial charge in [0, 0.05) is 45.0 Å². The predicted molar refractivity (Wildman–Crippen MR) is 132 cm³/mol. The van der Waals surface area contributed by atoms with Crippen molar-refractivity contribution in [1.82, 2.24) is 24.8 Å². The number of ether oxygens (including phenoxy) is 1. The van der Waals surface area contributed by atoms with Crippen molar-refractivity contribution in [2.24, 2.45) is 7.05 Å². The van der Waals surface area contributed by atoms with Gasteiger partial charge in [-0.2, -0.15) is 0 Å². The number of nitrogens with zero attached hydrogens (tertiary/aromatic N) is 4. The van der Waals surface area contributed by atoms with Crippen molar-refractivity contribution in [3.63, 3.8) is 0 Å². The SMILES string of the molecule is Cn1c(=O)ccc2ncc(Cl)c(CCN3CC[C@H](NCc4ccc5c(n4)NC(=O)CO5)[C@H](O)C3)c21. The quantitative estimate of drug-likeness (QED) is 0.461. The Morgan fingerprint density at radius 2 is 2.14 bits per heavy atom. The van der Waals surface area contributed by atoms with Crippen molar-refractivity contribution >= 4 is 34.4 Å². The fraction of sp³-hybridized carbons (Fsp3) is 0.417. The number of hydrogen-bond donors (Lipinski definition) is 3. The summed E-state index contributed by atoms with van der Waals surface area (Å²) in [5, 5.41) is 17.4. The van der Waals surface area contributed by atoms with Crippen LogP contribution in [0.1, 0.15) is 17.7 Å². The summed E-state index contributed by atoms with van der Waals surface area (Å²) >= 11 is 6.46. The average Bonchev–Trinajstić information content (AvgIpc) is 2.85. The van der Waals surface area contributed by atoms with E-state index in [4.69, 9.17) is 16.3 Å². The summed E-state index contributed by atoms with van der Waals surface area (Å²) in [6, 6.07) is 6.80. The molecule has 2 atom stereocenters. The van der Waals surface area contributed by atoms with Gasteiger partial charge < -0.3 is 29.9 Å². The van der Waals surface area contributed by atoms with E-state index in [-0.39, 0.29) is 24.1 Å². The van der Waals surface area contributed by atoms with Gasteiger partial charge in [-0.05, 0) is 43.1 Å². The molecule has 1 saturated heterocycles. The van der Waals surface area contributed by atoms with E-state index in [1.165, 1.54) is 6.07 Å². The van der Waals surface area contributed by atoms with Crippen LogP contribution in [0.5, 0.6) is 5.75 Å². The number of likely N-dealkylation sites (tertiary alicyclic amines) is 1. The first-order chi connectivity index (χ1) is 16.9. The summed E-state index contributed by atoms with van der Waals surface area (Å²) in [5.74, 6) is 0.765. The Labute approximate surface area is 206 Å². The standard InChI is InChI=1S/C24H27ClN6O4/c1-30-22(34)5-3-18-23(30)15(16(25)11-27-18)6-8-31-9-7-17(19(32)12-31)26-10-14-2-4-20-24(28-14)29-21(33)13-35-20/h2-5,11,17,19,26,32H,6-10,12-13H2,1H3,(H,28,29,33)/t17-,19+/m0/s1. The van der Waals surface area contributed by atoms with E-state index >= 15 is 0 Å². The van der Waals surface area contributed by atoms with Crippen molar-refractivity contribution in [3.8, 4) is 5.75 Å². The van der Waals surface area contributed by atoms with Gasteiger partial charge in [-0.1, -0.05) is 11.6 Å². The second-order valence-electron chi connectivity index (χ2n) is 8.93. The van der Waals surface area contributed by atoms with Gasteiger partial charge >= 0.3 is 0 Å². The number of aryl methyl sites for hydroxylation is 1. The molecule has 0 spiro atoms. The summed E-state index contributed by atoms with van der Waals surface area (Å²) in [6.07, 6.45) is 2.50. The number of aliphatic hydroxyl groups is 1. The fourth-order valence-electron chi connectivity index (χ4n) is 4.69. The minimum atomic E-state index is -0.543. The third-order valence-electron chi connectivity index (χ3n) is 6.61. The minimum Gasteiger partial charge on any atom is -0.480 e. The molecule has 35 heavy (non-hydrogen) atoms. The third-order valence-corrected chi connectivity index (χ3v) is 6.93. The molecule has 5 rings (SSSR count). The van der Waals surface area contributed by atoms with E-state index in [1.54, 1.807) is 29.9 Å². The molecular formula is C24H27ClN6O4. The lowest BCUT2D eigenvalue weighted by Gasteiger charge is -2.36. The first kappa shape index (κ1) is 23.7. The molecule has 2 aliphatic rings. The highest BCUT2D eigenvalue weighted by Crippen LogP contribution is 2.26. The van der Waals surface area contributed by atoms with Crippen molar-refractivity contribution in [2.45, 2.75) is 31.5 Å². The highest BCUT2D eigenvalue weighted by Gasteiger charge is 2.28. The van der Waals surface area contributed by atoms with Crippen LogP contribution in [0.2, 0.25) is 5.02 Å². The molecule has 2 aliphatic heterocycles. The number of nitrogens with one attached hydrogen (secondary N) is 2. The Morgan fingerprint density at radius 1 is 1.29 bits per heavy atom. The first-order valence-electron chi connectivity index (χ1n) is 11.6. The molecule has 5 heterocycles. The smallest absolute Gasteiger partial charge is 0.263 e. The van der Waals surface area contributed by atoms with Crippen molar-refractivity contribution in [2.75, 3.05) is 31.6 Å². The number of halogens is 1. The summed E-state index contributed by atoms with van der Waals surface area (Å²) in [4.78, 5) is 34.7. The number of amides is 1. The topological polar surface area (TPSA) is 122 Å². The summed E-state index contributed by atoms with van der Waals surface area (Å²) in [5.41, 5.74) is 3.03. The number of fused-ring (bicyclic) bond motifs is 2. The number of aromatic nitrogens is 3. The number of hydrogen-bond acceptors (Lipinski definition) is 8. The molecule has 0 bridgehead atoms. The molecule has 0 unspecified atom stereocenters. The molecule has 1 fully saturated rings. The van der Waals surface area contributed by atoms with Crippen molar-refractivity contribution in [1.29, 1.82) is 0 Å². The molecule has 3 N–H and O–H groups in total. The highest BCUT2D eigenvalue weighted by molar-refractivity contribution is 6.32. The Kier molecular flexibility index (Phi) is 6.70. The van der Waals surface area contributed by atoms with Gasteiger partial charge in [-0.25, -0.2) is 4.98 Å². The highest BCUT2D eigenvalue weighted by atomic mass is 35.5. The normalized spacial score (nSPS) is 20.4. The van der Waals surface area contributed by atoms with Crippen LogP contribution < -0.4 is 20.9 Å². The van der Waals surface area contributed by atoms with Gasteiger partial charge in [0.2, 0.25) is 0 Å². The molecular weight excluding hydrogens is 472 g/mol. The van der Waals surface area contributed by atoms with Crippen LogP contribution in [0.4, 0.5) is 5.82 Å². The number of β-amino-alcohol motifs (C(OH)–C–C–N with tert-alkyl or cyclic N) is 1. The lowest BCUT2D eigenvalue weighted by Crippen LogP contribution is -2.52. The van der Waals surface area contributed by atoms with E-state index in [0.717, 1.165) is 35.3 Å². The van der Waals surface area contributed by atoms with Gasteiger partial charge in [0.05, 0.1) is 27.9 Å². The van der Waals surface area contributed by atoms with Crippen molar-refractivity contribution < 1.29 is 14.6 Å². The summed E-state index contributed by atoms with van der Waals surface area (Å²) in [7, 11) is 1.73. The summed E-state index contributed by atoms with van der Waals surface area (Å²) in [6.45, 7) is 2.52. The van der Waals surface area contributed by atoms with Crippen LogP contribution in [-0.4, -0.2) is 68.8 Å². The van der Waals surface area contributed by atoms with Gasteiger partial charge in [0.25, 0.3) is 11.5 Å². The van der Waals surface area contributed by atoms with Gasteiger partial charge in [0.15, 0.2) is 18.2 Å². The maximum absolute atomic E-state index is 12.1. The van der Waals surface area contributed by atoms with E-state index in [1.807, 2.05) is 6.07 Å². The second-order valence-corrected chi connectivity index (χ2v) is 9.34. The molecule has 10 nitrogen and oxygen atoms in total. The van der Waals surface area contributed by atoms with Gasteiger partial charge in [0.1, 0.15) is 0 Å². The Balaban J connectivity index is 1.18. The average molecular weight is 499 g/mol. The maximum atomic E-state index is 12.1. The zero-order valence-electron chi connectivity index (χ0n) is 19.3. The fourth-order valence-corrected chi connectivity index (χ4v) is 4.92. The second kappa shape index (κ2) is 9.90. The Bertz CT molecular complexity index is 1330. The van der Waals surface area contributed by atoms with Crippen LogP contribution in [0.3, 0.4) is 0 Å². The van der Waals surface area contributed by atoms with E-state index in [2.05, 4.69) is 25.5 Å². The number of carbonyl (C=O) groups is 1. The Hall–Kier alpha value is -3.05. The van der Waals surface area contributed by atoms with Gasteiger partial charge in [-0.3, -0.25) is 14.6 Å². The molecule has 0 radical (unpaired) electrons. The van der Waals surface area contributed by atoms with Crippen molar-refractivity contribution in [3.05, 3.63) is 57.1 Å². The zero-order valence-corrected chi connectivity index (χ0v) is 20.1. The van der Waals surface area contributed by atoms with E-state index < -0.39 is 6.10 Å². The van der Waals surface area contributed by atoms with E-state index in [0.29, 0.717) is 42.6 Å². The number of piperidine rings is 1. The van der Waals surface area contributed by atoms with Gasteiger partial charge in [-0.15, -0.1) is 0 Å².